The van der Waals surface area contributed by atoms with Gasteiger partial charge in [0.05, 0.1) is 0 Å². The van der Waals surface area contributed by atoms with E-state index in [0.29, 0.717) is 0 Å². The molecule has 0 saturated carbocycles. The fourth-order valence-electron chi connectivity index (χ4n) is 2.16. The van der Waals surface area contributed by atoms with E-state index in [2.05, 4.69) is 68.1 Å². The van der Waals surface area contributed by atoms with Crippen LogP contribution in [0.25, 0.3) is 12.2 Å². The van der Waals surface area contributed by atoms with Crippen LogP contribution in [0.2, 0.25) is 0 Å². The maximum Gasteiger partial charge on any atom is -0.0135 e. The lowest BCUT2D eigenvalue weighted by molar-refractivity contribution is 1.02. The third kappa shape index (κ3) is 3.33. The van der Waals surface area contributed by atoms with Crippen LogP contribution >= 0.6 is 0 Å². The lowest BCUT2D eigenvalue weighted by Gasteiger charge is -1.98. The summed E-state index contributed by atoms with van der Waals surface area (Å²) in [5, 5.41) is 2.54. The van der Waals surface area contributed by atoms with Crippen LogP contribution in [0.4, 0.5) is 0 Å². The van der Waals surface area contributed by atoms with Crippen molar-refractivity contribution in [3.8, 4) is 0 Å². The van der Waals surface area contributed by atoms with E-state index in [-0.39, 0.29) is 0 Å². The first-order valence-corrected chi connectivity index (χ1v) is 6.60. The van der Waals surface area contributed by atoms with Crippen molar-refractivity contribution in [3.05, 3.63) is 70.7 Å². The second-order valence-corrected chi connectivity index (χ2v) is 4.61. The molecule has 92 valence electrons. The molecular formula is C18H20. The number of benzene rings is 1. The van der Waals surface area contributed by atoms with Gasteiger partial charge in [0, 0.05) is 0 Å². The number of hydrogen-bond acceptors (Lipinski definition) is 0. The largest absolute Gasteiger partial charge is 0.0918 e. The Bertz CT molecular complexity index is 597. The molecule has 1 aliphatic carbocycles. The Morgan fingerprint density at radius 2 is 1.89 bits per heavy atom. The minimum absolute atomic E-state index is 1.01. The number of fused-ring (bicyclic) bond motifs is 1. The number of allylic oxidation sites excluding steroid dienone is 5. The monoisotopic (exact) mass is 236 g/mol. The summed E-state index contributed by atoms with van der Waals surface area (Å²) in [6.45, 7) is 6.31. The van der Waals surface area contributed by atoms with Crippen molar-refractivity contribution in [2.45, 2.75) is 26.2 Å². The maximum atomic E-state index is 4.09. The lowest BCUT2D eigenvalue weighted by atomic mass is 10.1. The molecular weight excluding hydrogens is 216 g/mol. The summed E-state index contributed by atoms with van der Waals surface area (Å²) in [5.74, 6) is 0. The summed E-state index contributed by atoms with van der Waals surface area (Å²) in [7, 11) is 0. The van der Waals surface area contributed by atoms with E-state index in [1.54, 1.807) is 0 Å². The quantitative estimate of drug-likeness (QED) is 0.655. The van der Waals surface area contributed by atoms with Crippen LogP contribution in [-0.4, -0.2) is 0 Å². The van der Waals surface area contributed by atoms with Gasteiger partial charge in [-0.15, -0.1) is 0 Å². The summed E-state index contributed by atoms with van der Waals surface area (Å²) in [4.78, 5) is 0. The highest BCUT2D eigenvalue weighted by atomic mass is 14.0. The molecule has 1 aliphatic rings. The van der Waals surface area contributed by atoms with E-state index in [9.17, 15) is 0 Å². The Hall–Kier alpha value is -1.82. The van der Waals surface area contributed by atoms with E-state index in [0.717, 1.165) is 24.8 Å². The molecule has 18 heavy (non-hydrogen) atoms. The zero-order chi connectivity index (χ0) is 12.8. The van der Waals surface area contributed by atoms with Gasteiger partial charge in [-0.1, -0.05) is 67.6 Å². The zero-order valence-electron chi connectivity index (χ0n) is 11.0. The van der Waals surface area contributed by atoms with Crippen LogP contribution in [-0.2, 0) is 0 Å². The fraction of sp³-hybridized carbons (Fsp3) is 0.222. The van der Waals surface area contributed by atoms with Crippen LogP contribution in [0.1, 0.15) is 26.2 Å². The average molecular weight is 236 g/mol. The predicted molar refractivity (Wildman–Crippen MR) is 80.5 cm³/mol. The van der Waals surface area contributed by atoms with Crippen LogP contribution < -0.4 is 10.4 Å². The van der Waals surface area contributed by atoms with Gasteiger partial charge in [0.1, 0.15) is 0 Å². The lowest BCUT2D eigenvalue weighted by Crippen LogP contribution is -2.23. The van der Waals surface area contributed by atoms with Gasteiger partial charge in [0.15, 0.2) is 0 Å². The van der Waals surface area contributed by atoms with Crippen LogP contribution in [0.5, 0.6) is 0 Å². The van der Waals surface area contributed by atoms with Crippen molar-refractivity contribution in [1.82, 2.24) is 0 Å². The van der Waals surface area contributed by atoms with Gasteiger partial charge in [-0.3, -0.25) is 0 Å². The standard InChI is InChI=1S/C18H20/c1-3-16-9-6-8-15(2)14-18-12-5-4-11-17(18)13-7-10-16/h4-6,8,10-14H,2-3,7,9H2,1H3/b8-6?,16-10+,17-13-,18-14-. The summed E-state index contributed by atoms with van der Waals surface area (Å²) in [6.07, 6.45) is 14.3. The minimum Gasteiger partial charge on any atom is -0.0918 e. The van der Waals surface area contributed by atoms with Crippen molar-refractivity contribution in [3.63, 3.8) is 0 Å². The molecule has 1 aromatic rings. The molecule has 0 heteroatoms. The number of rotatable bonds is 1. The first-order valence-electron chi connectivity index (χ1n) is 6.60. The molecule has 2 rings (SSSR count). The molecule has 0 aromatic heterocycles. The molecule has 0 saturated heterocycles. The summed E-state index contributed by atoms with van der Waals surface area (Å²) < 4.78 is 0. The van der Waals surface area contributed by atoms with Crippen molar-refractivity contribution >= 4 is 12.2 Å². The Morgan fingerprint density at radius 3 is 2.67 bits per heavy atom. The van der Waals surface area contributed by atoms with Gasteiger partial charge in [0.2, 0.25) is 0 Å². The third-order valence-electron chi connectivity index (χ3n) is 3.25. The molecule has 0 aliphatic heterocycles. The normalized spacial score (nSPS) is 22.5. The number of hydrogen-bond donors (Lipinski definition) is 0. The molecule has 0 fully saturated rings. The van der Waals surface area contributed by atoms with Gasteiger partial charge in [-0.05, 0) is 41.3 Å². The first-order chi connectivity index (χ1) is 8.79. The van der Waals surface area contributed by atoms with Crippen LogP contribution in [0.15, 0.2) is 60.2 Å². The summed E-state index contributed by atoms with van der Waals surface area (Å²) >= 11 is 0. The smallest absolute Gasteiger partial charge is 0.0135 e. The average Bonchev–Trinajstić information content (AvgIpc) is 2.41. The molecule has 0 unspecified atom stereocenters. The van der Waals surface area contributed by atoms with Gasteiger partial charge in [-0.25, -0.2) is 0 Å². The van der Waals surface area contributed by atoms with E-state index < -0.39 is 0 Å². The molecule has 0 heterocycles. The highest BCUT2D eigenvalue weighted by Gasteiger charge is 1.93. The summed E-state index contributed by atoms with van der Waals surface area (Å²) in [6, 6.07) is 8.48. The van der Waals surface area contributed by atoms with Crippen molar-refractivity contribution in [2.24, 2.45) is 0 Å². The molecule has 0 amide bonds. The summed E-state index contributed by atoms with van der Waals surface area (Å²) in [5.41, 5.74) is 2.56. The highest BCUT2D eigenvalue weighted by molar-refractivity contribution is 5.52. The van der Waals surface area contributed by atoms with E-state index >= 15 is 0 Å². The fourth-order valence-corrected chi connectivity index (χ4v) is 2.16. The molecule has 1 aromatic carbocycles. The SMILES string of the molecule is C=C1C=CC/C(CC)=C/C/C=c2/cccc/c2=C/1. The predicted octanol–water partition coefficient (Wildman–Crippen LogP) is 3.49. The van der Waals surface area contributed by atoms with Gasteiger partial charge < -0.3 is 0 Å². The Kier molecular flexibility index (Phi) is 4.35. The molecule has 0 bridgehead atoms. The zero-order valence-corrected chi connectivity index (χ0v) is 11.0. The van der Waals surface area contributed by atoms with E-state index in [1.807, 2.05) is 0 Å². The molecule has 0 N–H and O–H groups in total. The minimum atomic E-state index is 1.01. The van der Waals surface area contributed by atoms with Gasteiger partial charge in [-0.2, -0.15) is 0 Å². The first kappa shape index (κ1) is 12.6. The second kappa shape index (κ2) is 6.20. The molecule has 0 spiro atoms. The maximum absolute atomic E-state index is 4.09. The molecule has 0 radical (unpaired) electrons. The van der Waals surface area contributed by atoms with Crippen molar-refractivity contribution < 1.29 is 0 Å². The second-order valence-electron chi connectivity index (χ2n) is 4.61. The van der Waals surface area contributed by atoms with Crippen LogP contribution in [0, 0.1) is 0 Å². The highest BCUT2D eigenvalue weighted by Crippen LogP contribution is 2.10. The van der Waals surface area contributed by atoms with E-state index in [4.69, 9.17) is 0 Å². The molecule has 0 atom stereocenters. The Balaban J connectivity index is 2.52. The topological polar surface area (TPSA) is 0 Å². The van der Waals surface area contributed by atoms with Crippen molar-refractivity contribution in [1.29, 1.82) is 0 Å². The third-order valence-corrected chi connectivity index (χ3v) is 3.25. The Morgan fingerprint density at radius 1 is 1.11 bits per heavy atom. The van der Waals surface area contributed by atoms with Gasteiger partial charge >= 0.3 is 0 Å². The van der Waals surface area contributed by atoms with Crippen LogP contribution in [0.3, 0.4) is 0 Å². The van der Waals surface area contributed by atoms with Crippen molar-refractivity contribution in [2.75, 3.05) is 0 Å². The Labute approximate surface area is 109 Å². The van der Waals surface area contributed by atoms with Gasteiger partial charge in [0.25, 0.3) is 0 Å². The van der Waals surface area contributed by atoms with E-state index in [1.165, 1.54) is 16.0 Å². The molecule has 0 nitrogen and oxygen atoms in total.